The summed E-state index contributed by atoms with van der Waals surface area (Å²) >= 11 is 11.9. The molecule has 1 atom stereocenters. The predicted octanol–water partition coefficient (Wildman–Crippen LogP) is 2.14. The quantitative estimate of drug-likeness (QED) is 0.575. The summed E-state index contributed by atoms with van der Waals surface area (Å²) in [6.07, 6.45) is 3.24. The van der Waals surface area contributed by atoms with E-state index in [4.69, 9.17) is 23.2 Å². The van der Waals surface area contributed by atoms with Crippen LogP contribution in [0.4, 0.5) is 0 Å². The van der Waals surface area contributed by atoms with Crippen LogP contribution in [-0.2, 0) is 16.4 Å². The molecule has 3 aromatic rings. The number of carbonyl (C=O) groups excluding carboxylic acids is 1. The second kappa shape index (κ2) is 6.98. The normalized spacial score (nSPS) is 18.6. The number of benzene rings is 1. The lowest BCUT2D eigenvalue weighted by molar-refractivity contribution is 0.0972. The number of hydrogen-bond acceptors (Lipinski definition) is 6. The maximum atomic E-state index is 12.7. The highest BCUT2D eigenvalue weighted by molar-refractivity contribution is 7.91. The Hall–Kier alpha value is -2.23. The van der Waals surface area contributed by atoms with E-state index in [1.165, 1.54) is 29.1 Å². The minimum absolute atomic E-state index is 0.0117. The van der Waals surface area contributed by atoms with Gasteiger partial charge in [0.05, 0.1) is 47.0 Å². The van der Waals surface area contributed by atoms with Crippen molar-refractivity contribution >= 4 is 49.9 Å². The molecule has 1 aliphatic rings. The molecule has 0 spiro atoms. The molecule has 0 N–H and O–H groups in total. The molecule has 0 aliphatic carbocycles. The summed E-state index contributed by atoms with van der Waals surface area (Å²) < 4.78 is 26.3. The molecule has 0 unspecified atom stereocenters. The van der Waals surface area contributed by atoms with Crippen LogP contribution in [0, 0.1) is 0 Å². The summed E-state index contributed by atoms with van der Waals surface area (Å²) in [4.78, 5) is 28.8. The largest absolute Gasteiger partial charge is 0.348 e. The van der Waals surface area contributed by atoms with E-state index in [2.05, 4.69) is 10.1 Å². The first-order chi connectivity index (χ1) is 13.2. The van der Waals surface area contributed by atoms with E-state index in [0.717, 1.165) is 0 Å². The van der Waals surface area contributed by atoms with E-state index in [1.54, 1.807) is 10.7 Å². The van der Waals surface area contributed by atoms with Gasteiger partial charge in [0.2, 0.25) is 0 Å². The minimum atomic E-state index is -3.10. The molecule has 11 heteroatoms. The van der Waals surface area contributed by atoms with Gasteiger partial charge in [-0.15, -0.1) is 0 Å². The van der Waals surface area contributed by atoms with E-state index in [9.17, 15) is 18.0 Å². The molecule has 1 aliphatic heterocycles. The molecule has 0 radical (unpaired) electrons. The van der Waals surface area contributed by atoms with Crippen LogP contribution >= 0.6 is 23.2 Å². The third kappa shape index (κ3) is 3.45. The third-order valence-corrected chi connectivity index (χ3v) is 7.02. The van der Waals surface area contributed by atoms with Crippen molar-refractivity contribution in [1.29, 1.82) is 0 Å². The van der Waals surface area contributed by atoms with Gasteiger partial charge in [0.25, 0.3) is 0 Å². The van der Waals surface area contributed by atoms with Crippen molar-refractivity contribution in [1.82, 2.24) is 19.3 Å². The molecule has 1 saturated heterocycles. The Labute approximate surface area is 169 Å². The van der Waals surface area contributed by atoms with Crippen LogP contribution in [0.15, 0.2) is 35.4 Å². The first-order valence-corrected chi connectivity index (χ1v) is 10.9. The lowest BCUT2D eigenvalue weighted by Gasteiger charge is -2.11. The molecule has 4 rings (SSSR count). The Morgan fingerprint density at radius 2 is 2.00 bits per heavy atom. The van der Waals surface area contributed by atoms with Gasteiger partial charge in [-0.1, -0.05) is 23.2 Å². The first kappa shape index (κ1) is 19.1. The zero-order valence-corrected chi connectivity index (χ0v) is 16.7. The number of sulfone groups is 1. The topological polar surface area (TPSA) is 104 Å². The Morgan fingerprint density at radius 3 is 2.68 bits per heavy atom. The van der Waals surface area contributed by atoms with Crippen LogP contribution in [0.2, 0.25) is 10.0 Å². The number of aromatic nitrogens is 4. The molecular weight excluding hydrogens is 427 g/mol. The highest BCUT2D eigenvalue weighted by Gasteiger charge is 2.31. The monoisotopic (exact) mass is 440 g/mol. The predicted molar refractivity (Wildman–Crippen MR) is 105 cm³/mol. The zero-order valence-electron chi connectivity index (χ0n) is 14.4. The highest BCUT2D eigenvalue weighted by Crippen LogP contribution is 2.27. The average Bonchev–Trinajstić information content (AvgIpc) is 3.20. The lowest BCUT2D eigenvalue weighted by atomic mass is 10.1. The number of fused-ring (bicyclic) bond motifs is 1. The fourth-order valence-corrected chi connectivity index (χ4v) is 5.55. The van der Waals surface area contributed by atoms with E-state index in [1.807, 2.05) is 0 Å². The van der Waals surface area contributed by atoms with Gasteiger partial charge in [-0.2, -0.15) is 10.1 Å². The molecule has 2 aromatic heterocycles. The Kier molecular flexibility index (Phi) is 4.76. The second-order valence-corrected chi connectivity index (χ2v) is 9.66. The van der Waals surface area contributed by atoms with Crippen molar-refractivity contribution < 1.29 is 13.2 Å². The van der Waals surface area contributed by atoms with Crippen LogP contribution in [0.1, 0.15) is 22.8 Å². The van der Waals surface area contributed by atoms with Crippen LogP contribution in [0.5, 0.6) is 0 Å². The third-order valence-electron chi connectivity index (χ3n) is 4.72. The minimum Gasteiger partial charge on any atom is -0.292 e. The van der Waals surface area contributed by atoms with Crippen LogP contribution in [-0.4, -0.2) is 45.0 Å². The van der Waals surface area contributed by atoms with Gasteiger partial charge in [0.15, 0.2) is 15.6 Å². The van der Waals surface area contributed by atoms with Crippen molar-refractivity contribution in [3.8, 4) is 0 Å². The maximum Gasteiger partial charge on any atom is 0.348 e. The highest BCUT2D eigenvalue weighted by atomic mass is 35.5. The van der Waals surface area contributed by atoms with Crippen molar-refractivity contribution in [2.24, 2.45) is 0 Å². The first-order valence-electron chi connectivity index (χ1n) is 8.37. The molecular formula is C17H14Cl2N4O4S. The molecule has 0 saturated carbocycles. The number of ketones is 1. The van der Waals surface area contributed by atoms with Crippen LogP contribution in [0.3, 0.4) is 0 Å². The smallest absolute Gasteiger partial charge is 0.292 e. The van der Waals surface area contributed by atoms with Gasteiger partial charge in [-0.3, -0.25) is 14.0 Å². The Bertz CT molecular complexity index is 1270. The Morgan fingerprint density at radius 1 is 1.21 bits per heavy atom. The molecule has 0 amide bonds. The average molecular weight is 441 g/mol. The number of halogens is 2. The summed E-state index contributed by atoms with van der Waals surface area (Å²) in [7, 11) is -3.10. The fourth-order valence-electron chi connectivity index (χ4n) is 3.34. The summed E-state index contributed by atoms with van der Waals surface area (Å²) in [5.41, 5.74) is 0.535. The van der Waals surface area contributed by atoms with Gasteiger partial charge in [-0.25, -0.2) is 13.2 Å². The number of hydrogen-bond donors (Lipinski definition) is 0. The fraction of sp³-hybridized carbons (Fsp3) is 0.294. The second-order valence-electron chi connectivity index (χ2n) is 6.59. The SMILES string of the molecule is O=C(Cn1c(=O)ncc2c1cnn2[C@@H]1CCS(=O)(=O)C1)c1ccc(Cl)cc1Cl. The number of Topliss-reactive ketones (excluding diaryl/α,β-unsaturated/α-hetero) is 1. The van der Waals surface area contributed by atoms with Crippen LogP contribution in [0.25, 0.3) is 11.0 Å². The molecule has 0 bridgehead atoms. The lowest BCUT2D eigenvalue weighted by Crippen LogP contribution is -2.26. The summed E-state index contributed by atoms with van der Waals surface area (Å²) in [5.74, 6) is -0.295. The number of carbonyl (C=O) groups is 1. The summed E-state index contributed by atoms with van der Waals surface area (Å²) in [6.45, 7) is -0.279. The molecule has 3 heterocycles. The number of rotatable bonds is 4. The van der Waals surface area contributed by atoms with Crippen molar-refractivity contribution in [2.45, 2.75) is 19.0 Å². The molecule has 1 aromatic carbocycles. The van der Waals surface area contributed by atoms with Gasteiger partial charge in [0, 0.05) is 10.6 Å². The van der Waals surface area contributed by atoms with Gasteiger partial charge in [0.1, 0.15) is 5.52 Å². The molecule has 28 heavy (non-hydrogen) atoms. The van der Waals surface area contributed by atoms with E-state index in [0.29, 0.717) is 22.5 Å². The molecule has 8 nitrogen and oxygen atoms in total. The van der Waals surface area contributed by atoms with Crippen molar-refractivity contribution in [2.75, 3.05) is 11.5 Å². The standard InChI is InChI=1S/C17H14Cl2N4O4S/c18-10-1-2-12(13(19)5-10)16(24)8-22-14-7-21-23(15(14)6-20-17(22)25)11-3-4-28(26,27)9-11/h1-2,5-7,11H,3-4,8-9H2/t11-/m1/s1. The zero-order chi connectivity index (χ0) is 20.1. The molecule has 146 valence electrons. The van der Waals surface area contributed by atoms with E-state index >= 15 is 0 Å². The molecule has 1 fully saturated rings. The summed E-state index contributed by atoms with van der Waals surface area (Å²) in [5, 5.41) is 4.84. The Balaban J connectivity index is 1.72. The van der Waals surface area contributed by atoms with Crippen molar-refractivity contribution in [3.05, 3.63) is 56.7 Å². The summed E-state index contributed by atoms with van der Waals surface area (Å²) in [6, 6.07) is 4.17. The van der Waals surface area contributed by atoms with E-state index in [-0.39, 0.29) is 40.5 Å². The van der Waals surface area contributed by atoms with Crippen molar-refractivity contribution in [3.63, 3.8) is 0 Å². The maximum absolute atomic E-state index is 12.7. The number of nitrogens with zero attached hydrogens (tertiary/aromatic N) is 4. The van der Waals surface area contributed by atoms with Gasteiger partial charge >= 0.3 is 5.69 Å². The van der Waals surface area contributed by atoms with Crippen LogP contribution < -0.4 is 5.69 Å². The van der Waals surface area contributed by atoms with Gasteiger partial charge in [-0.05, 0) is 24.6 Å². The van der Waals surface area contributed by atoms with Gasteiger partial charge < -0.3 is 0 Å². The van der Waals surface area contributed by atoms with E-state index < -0.39 is 15.5 Å².